The maximum atomic E-state index is 13.9. The first-order chi connectivity index (χ1) is 28.3. The van der Waals surface area contributed by atoms with Crippen LogP contribution in [-0.2, 0) is 38.4 Å². The predicted octanol–water partition coefficient (Wildman–Crippen LogP) is -5.02. The van der Waals surface area contributed by atoms with Crippen molar-refractivity contribution in [2.75, 3.05) is 19.7 Å². The largest absolute Gasteiger partial charge is 0.480 e. The molecule has 358 valence electrons. The highest BCUT2D eigenvalue weighted by atomic mass is 16.4. The van der Waals surface area contributed by atoms with Gasteiger partial charge in [0.2, 0.25) is 41.4 Å². The fourth-order valence-electron chi connectivity index (χ4n) is 5.54. The minimum atomic E-state index is -1.73. The maximum absolute atomic E-state index is 13.9. The Morgan fingerprint density at radius 3 is 1.60 bits per heavy atom. The molecule has 0 unspecified atom stereocenters. The molecule has 11 atom stereocenters. The Labute approximate surface area is 362 Å². The van der Waals surface area contributed by atoms with Crippen molar-refractivity contribution in [2.24, 2.45) is 39.9 Å². The number of guanidine groups is 1. The molecule has 0 aromatic carbocycles. The molecule has 0 saturated heterocycles. The van der Waals surface area contributed by atoms with E-state index in [9.17, 15) is 58.8 Å². The number of hydrogen-bond donors (Lipinski definition) is 15. The molecule has 24 heteroatoms. The molecule has 0 aliphatic heterocycles. The van der Waals surface area contributed by atoms with Crippen LogP contribution in [0.15, 0.2) is 4.99 Å². The number of amides is 7. The summed E-state index contributed by atoms with van der Waals surface area (Å²) in [6.45, 7) is 10.8. The number of hydrogen-bond acceptors (Lipinski definition) is 14. The lowest BCUT2D eigenvalue weighted by Gasteiger charge is -2.30. The van der Waals surface area contributed by atoms with Gasteiger partial charge >= 0.3 is 5.97 Å². The van der Waals surface area contributed by atoms with Crippen LogP contribution in [0.25, 0.3) is 0 Å². The molecular formula is C38H73N11O13. The van der Waals surface area contributed by atoms with Crippen LogP contribution in [0.5, 0.6) is 0 Å². The van der Waals surface area contributed by atoms with Gasteiger partial charge in [-0.2, -0.15) is 0 Å². The van der Waals surface area contributed by atoms with E-state index in [1.807, 2.05) is 5.32 Å². The van der Waals surface area contributed by atoms with Crippen LogP contribution in [-0.4, -0.2) is 159 Å². The average molecular weight is 892 g/mol. The number of nitrogens with two attached hydrogens (primary N) is 3. The van der Waals surface area contributed by atoms with Crippen molar-refractivity contribution in [3.05, 3.63) is 0 Å². The summed E-state index contributed by atoms with van der Waals surface area (Å²) >= 11 is 0. The van der Waals surface area contributed by atoms with Crippen LogP contribution >= 0.6 is 0 Å². The normalized spacial score (nSPS) is 16.4. The Morgan fingerprint density at radius 2 is 1.13 bits per heavy atom. The van der Waals surface area contributed by atoms with Crippen LogP contribution in [0.1, 0.15) is 88.5 Å². The highest BCUT2D eigenvalue weighted by Crippen LogP contribution is 2.13. The van der Waals surface area contributed by atoms with Gasteiger partial charge in [-0.1, -0.05) is 55.4 Å². The van der Waals surface area contributed by atoms with Crippen LogP contribution in [0.2, 0.25) is 0 Å². The van der Waals surface area contributed by atoms with E-state index >= 15 is 0 Å². The lowest BCUT2D eigenvalue weighted by atomic mass is 9.96. The van der Waals surface area contributed by atoms with Crippen molar-refractivity contribution >= 4 is 53.3 Å². The Hall–Kier alpha value is -5.17. The minimum Gasteiger partial charge on any atom is -0.480 e. The molecule has 0 aliphatic rings. The molecular weight excluding hydrogens is 818 g/mol. The van der Waals surface area contributed by atoms with Crippen molar-refractivity contribution in [3.63, 3.8) is 0 Å². The van der Waals surface area contributed by atoms with Crippen molar-refractivity contribution in [3.8, 4) is 0 Å². The van der Waals surface area contributed by atoms with Gasteiger partial charge in [0.15, 0.2) is 5.96 Å². The zero-order valence-corrected chi connectivity index (χ0v) is 36.1. The molecule has 0 aromatic rings. The van der Waals surface area contributed by atoms with Crippen LogP contribution < -0.4 is 54.4 Å². The third-order valence-corrected chi connectivity index (χ3v) is 9.43. The predicted molar refractivity (Wildman–Crippen MR) is 227 cm³/mol. The number of nitrogens with zero attached hydrogens (tertiary/aromatic N) is 1. The molecule has 0 saturated carbocycles. The molecule has 0 bridgehead atoms. The minimum absolute atomic E-state index is 0. The van der Waals surface area contributed by atoms with E-state index in [1.165, 1.54) is 6.92 Å². The highest BCUT2D eigenvalue weighted by molar-refractivity contribution is 5.97. The summed E-state index contributed by atoms with van der Waals surface area (Å²) in [5.74, 6) is -9.44. The zero-order valence-electron chi connectivity index (χ0n) is 36.1. The molecule has 0 radical (unpaired) electrons. The number of aliphatic carboxylic acids is 1. The molecule has 18 N–H and O–H groups in total. The summed E-state index contributed by atoms with van der Waals surface area (Å²) in [6, 6.07) is -10.3. The summed E-state index contributed by atoms with van der Waals surface area (Å²) in [5.41, 5.74) is 16.8. The third-order valence-electron chi connectivity index (χ3n) is 9.43. The molecule has 0 aromatic heterocycles. The number of carbonyl (C=O) groups excluding carboxylic acids is 7. The average Bonchev–Trinajstić information content (AvgIpc) is 3.17. The number of carboxylic acids is 1. The monoisotopic (exact) mass is 892 g/mol. The quantitative estimate of drug-likeness (QED) is 0.0199. The Kier molecular flexibility index (Phi) is 27.7. The number of carboxylic acid groups (broad SMARTS) is 1. The number of aliphatic imine (C=N–C) groups is 1. The van der Waals surface area contributed by atoms with Gasteiger partial charge in [-0.05, 0) is 50.9 Å². The van der Waals surface area contributed by atoms with E-state index in [2.05, 4.69) is 36.9 Å². The summed E-state index contributed by atoms with van der Waals surface area (Å²) in [4.78, 5) is 108. The fourth-order valence-corrected chi connectivity index (χ4v) is 5.54. The zero-order chi connectivity index (χ0) is 47.3. The molecule has 0 rings (SSSR count). The first-order valence-corrected chi connectivity index (χ1v) is 20.1. The van der Waals surface area contributed by atoms with Crippen molar-refractivity contribution in [1.29, 1.82) is 0 Å². The molecule has 0 fully saturated rings. The second kappa shape index (κ2) is 29.2. The van der Waals surface area contributed by atoms with Gasteiger partial charge in [0.25, 0.3) is 0 Å². The molecule has 0 spiro atoms. The number of aliphatic hydroxyl groups is 4. The van der Waals surface area contributed by atoms with Gasteiger partial charge in [0.05, 0.1) is 31.5 Å². The van der Waals surface area contributed by atoms with E-state index < -0.39 is 127 Å². The molecule has 0 heterocycles. The molecule has 7 amide bonds. The first-order valence-electron chi connectivity index (χ1n) is 20.1. The van der Waals surface area contributed by atoms with Gasteiger partial charge < -0.3 is 80.0 Å². The second-order valence-corrected chi connectivity index (χ2v) is 15.6. The molecule has 62 heavy (non-hydrogen) atoms. The Balaban J connectivity index is 0. The van der Waals surface area contributed by atoms with Crippen LogP contribution in [0.3, 0.4) is 0 Å². The van der Waals surface area contributed by atoms with E-state index in [4.69, 9.17) is 22.3 Å². The number of nitrogens with one attached hydrogen (secondary N) is 7. The SMILES string of the molecule is C.CC[C@H](C)[C@H](NC(=O)[C@@H](CCCN=C(N)N)NC(=O)[C@H](CC(C)C)NC(=O)[C@@H](N)[C@H](O)C(C)C)C(=O)N[C@H](C(=O)NCC(=O)N[C@H](C(=O)N[C@@H](CO)C(=O)O)[C@H](C)O)[C@H](C)O. The van der Waals surface area contributed by atoms with Gasteiger partial charge in [0, 0.05) is 6.54 Å². The van der Waals surface area contributed by atoms with E-state index in [0.717, 1.165) is 6.92 Å². The summed E-state index contributed by atoms with van der Waals surface area (Å²) in [7, 11) is 0. The van der Waals surface area contributed by atoms with Crippen molar-refractivity contribution in [1.82, 2.24) is 37.2 Å². The lowest BCUT2D eigenvalue weighted by molar-refractivity contribution is -0.144. The Bertz CT molecular complexity index is 1510. The van der Waals surface area contributed by atoms with E-state index in [0.29, 0.717) is 6.42 Å². The van der Waals surface area contributed by atoms with Crippen molar-refractivity contribution < 1.29 is 63.9 Å². The number of rotatable bonds is 28. The fraction of sp³-hybridized carbons (Fsp3) is 0.763. The van der Waals surface area contributed by atoms with Crippen LogP contribution in [0, 0.1) is 17.8 Å². The lowest BCUT2D eigenvalue weighted by Crippen LogP contribution is -2.62. The van der Waals surface area contributed by atoms with Crippen LogP contribution in [0.4, 0.5) is 0 Å². The third kappa shape index (κ3) is 21.1. The number of carbonyl (C=O) groups is 8. The second-order valence-electron chi connectivity index (χ2n) is 15.6. The standard InChI is InChI=1S/C37H69N11O13.CH4/c1-9-18(6)26(34(58)48-27(19(7)50)33(57)42-14-24(52)46-28(20(8)51)35(59)45-23(15-49)36(60)61)47-30(54)21(11-10-12-41-37(39)40)43-31(55)22(13-16(2)3)44-32(56)25(38)29(53)17(4)5;/h16-23,25-29,49-51,53H,9-15,38H2,1-8H3,(H,42,57)(H,43,55)(H,44,56)(H,45,59)(H,46,52)(H,47,54)(H,48,58)(H,60,61)(H4,39,40,41);1H4/t18-,19-,20-,21+,22-,23-,25-,26-,27-,28-,29+;/m0./s1. The van der Waals surface area contributed by atoms with E-state index in [-0.39, 0.29) is 51.0 Å². The topological polar surface area (TPSA) is 412 Å². The molecule has 0 aliphatic carbocycles. The highest BCUT2D eigenvalue weighted by Gasteiger charge is 2.36. The number of aliphatic hydroxyl groups excluding tert-OH is 4. The maximum Gasteiger partial charge on any atom is 0.328 e. The first kappa shape index (κ1) is 58.9. The van der Waals surface area contributed by atoms with Crippen molar-refractivity contribution in [2.45, 2.75) is 149 Å². The molecule has 24 nitrogen and oxygen atoms in total. The van der Waals surface area contributed by atoms with Gasteiger partial charge in [0.1, 0.15) is 42.3 Å². The summed E-state index contributed by atoms with van der Waals surface area (Å²) < 4.78 is 0. The van der Waals surface area contributed by atoms with Gasteiger partial charge in [-0.15, -0.1) is 0 Å². The smallest absolute Gasteiger partial charge is 0.328 e. The van der Waals surface area contributed by atoms with E-state index in [1.54, 1.807) is 41.5 Å². The summed E-state index contributed by atoms with van der Waals surface area (Å²) in [5, 5.41) is 65.5. The Morgan fingerprint density at radius 1 is 0.645 bits per heavy atom. The summed E-state index contributed by atoms with van der Waals surface area (Å²) in [6.07, 6.45) is -3.74. The van der Waals surface area contributed by atoms with Gasteiger partial charge in [-0.25, -0.2) is 4.79 Å². The van der Waals surface area contributed by atoms with Gasteiger partial charge in [-0.3, -0.25) is 38.6 Å².